The highest BCUT2D eigenvalue weighted by Gasteiger charge is 2.36. The average Bonchev–Trinajstić information content (AvgIpc) is 2.99. The van der Waals surface area contributed by atoms with Crippen molar-refractivity contribution in [2.75, 3.05) is 6.54 Å². The number of nitrogens with zero attached hydrogens (tertiary/aromatic N) is 1. The minimum Gasteiger partial charge on any atom is -0.207 e. The predicted octanol–water partition coefficient (Wildman–Crippen LogP) is 3.66. The number of rotatable bonds is 3. The smallest absolute Gasteiger partial charge is 0.207 e. The molecule has 0 spiro atoms. The molecule has 3 nitrogen and oxygen atoms in total. The standard InChI is InChI=1S/C17H18FNO2S/c1-13-4-10-16(11-5-13)22(20,21)19-12-2-3-17(19)14-6-8-15(18)9-7-14/h4-11,17H,2-3,12H2,1H3/t17-/m0/s1. The van der Waals surface area contributed by atoms with Crippen LogP contribution in [-0.2, 0) is 10.0 Å². The number of hydrogen-bond acceptors (Lipinski definition) is 2. The molecule has 0 bridgehead atoms. The van der Waals surface area contributed by atoms with E-state index in [2.05, 4.69) is 0 Å². The third-order valence-electron chi connectivity index (χ3n) is 4.09. The minimum absolute atomic E-state index is 0.216. The maximum absolute atomic E-state index is 13.1. The van der Waals surface area contributed by atoms with Gasteiger partial charge in [-0.1, -0.05) is 29.8 Å². The van der Waals surface area contributed by atoms with Crippen LogP contribution in [0.1, 0.15) is 30.0 Å². The van der Waals surface area contributed by atoms with Crippen molar-refractivity contribution in [1.82, 2.24) is 4.31 Å². The van der Waals surface area contributed by atoms with Gasteiger partial charge in [0.05, 0.1) is 10.9 Å². The van der Waals surface area contributed by atoms with Gasteiger partial charge in [-0.15, -0.1) is 0 Å². The Morgan fingerprint density at radius 1 is 1.05 bits per heavy atom. The molecule has 1 atom stereocenters. The van der Waals surface area contributed by atoms with Crippen LogP contribution in [-0.4, -0.2) is 19.3 Å². The second kappa shape index (κ2) is 5.82. The summed E-state index contributed by atoms with van der Waals surface area (Å²) in [5.74, 6) is -0.310. The first-order chi connectivity index (χ1) is 10.5. The fraction of sp³-hybridized carbons (Fsp3) is 0.294. The normalized spacial score (nSPS) is 19.5. The summed E-state index contributed by atoms with van der Waals surface area (Å²) < 4.78 is 40.3. The van der Waals surface area contributed by atoms with Crippen LogP contribution < -0.4 is 0 Å². The molecule has 1 aliphatic rings. The SMILES string of the molecule is Cc1ccc(S(=O)(=O)N2CCC[C@H]2c2ccc(F)cc2)cc1. The van der Waals surface area contributed by atoms with Gasteiger partial charge in [0.1, 0.15) is 5.82 Å². The molecule has 0 saturated carbocycles. The molecule has 1 aliphatic heterocycles. The maximum atomic E-state index is 13.1. The highest BCUT2D eigenvalue weighted by atomic mass is 32.2. The Hall–Kier alpha value is -1.72. The first-order valence-corrected chi connectivity index (χ1v) is 8.76. The Morgan fingerprint density at radius 2 is 1.68 bits per heavy atom. The molecule has 1 heterocycles. The van der Waals surface area contributed by atoms with Crippen molar-refractivity contribution in [2.24, 2.45) is 0 Å². The largest absolute Gasteiger partial charge is 0.243 e. The minimum atomic E-state index is -3.52. The number of benzene rings is 2. The molecular weight excluding hydrogens is 301 g/mol. The molecule has 2 aromatic carbocycles. The van der Waals surface area contributed by atoms with E-state index in [-0.39, 0.29) is 11.9 Å². The first-order valence-electron chi connectivity index (χ1n) is 7.32. The number of halogens is 1. The Kier molecular flexibility index (Phi) is 4.02. The molecule has 2 aromatic rings. The molecule has 1 saturated heterocycles. The summed E-state index contributed by atoms with van der Waals surface area (Å²) in [5.41, 5.74) is 1.87. The van der Waals surface area contributed by atoms with E-state index in [0.29, 0.717) is 11.4 Å². The van der Waals surface area contributed by atoms with Gasteiger partial charge in [0.25, 0.3) is 0 Å². The molecule has 0 amide bonds. The van der Waals surface area contributed by atoms with E-state index in [1.54, 1.807) is 36.4 Å². The van der Waals surface area contributed by atoms with E-state index >= 15 is 0 Å². The molecule has 0 aliphatic carbocycles. The van der Waals surface area contributed by atoms with Crippen molar-refractivity contribution in [2.45, 2.75) is 30.7 Å². The second-order valence-electron chi connectivity index (χ2n) is 5.64. The van der Waals surface area contributed by atoms with Crippen molar-refractivity contribution in [3.63, 3.8) is 0 Å². The Balaban J connectivity index is 1.95. The second-order valence-corrected chi connectivity index (χ2v) is 7.53. The van der Waals surface area contributed by atoms with Gasteiger partial charge < -0.3 is 0 Å². The highest BCUT2D eigenvalue weighted by Crippen LogP contribution is 2.36. The van der Waals surface area contributed by atoms with E-state index in [4.69, 9.17) is 0 Å². The van der Waals surface area contributed by atoms with E-state index in [1.165, 1.54) is 16.4 Å². The molecule has 3 rings (SSSR count). The summed E-state index contributed by atoms with van der Waals surface area (Å²) in [5, 5.41) is 0. The summed E-state index contributed by atoms with van der Waals surface area (Å²) in [6.45, 7) is 2.42. The van der Waals surface area contributed by atoms with Crippen LogP contribution in [0.4, 0.5) is 4.39 Å². The molecule has 22 heavy (non-hydrogen) atoms. The van der Waals surface area contributed by atoms with Crippen LogP contribution in [0.5, 0.6) is 0 Å². The van der Waals surface area contributed by atoms with E-state index < -0.39 is 10.0 Å². The third kappa shape index (κ3) is 2.78. The Labute approximate surface area is 130 Å². The zero-order valence-electron chi connectivity index (χ0n) is 12.4. The molecule has 1 fully saturated rings. The van der Waals surface area contributed by atoms with Crippen molar-refractivity contribution in [3.05, 3.63) is 65.5 Å². The van der Waals surface area contributed by atoms with Crippen LogP contribution in [0.15, 0.2) is 53.4 Å². The van der Waals surface area contributed by atoms with Crippen LogP contribution >= 0.6 is 0 Å². The van der Waals surface area contributed by atoms with Crippen molar-refractivity contribution in [3.8, 4) is 0 Å². The van der Waals surface area contributed by atoms with E-state index in [0.717, 1.165) is 24.0 Å². The number of aryl methyl sites for hydroxylation is 1. The fourth-order valence-corrected chi connectivity index (χ4v) is 4.57. The monoisotopic (exact) mass is 319 g/mol. The van der Waals surface area contributed by atoms with E-state index in [9.17, 15) is 12.8 Å². The van der Waals surface area contributed by atoms with Gasteiger partial charge >= 0.3 is 0 Å². The maximum Gasteiger partial charge on any atom is 0.243 e. The third-order valence-corrected chi connectivity index (χ3v) is 6.01. The van der Waals surface area contributed by atoms with Gasteiger partial charge in [-0.25, -0.2) is 12.8 Å². The van der Waals surface area contributed by atoms with Crippen molar-refractivity contribution < 1.29 is 12.8 Å². The van der Waals surface area contributed by atoms with Gasteiger partial charge in [0.2, 0.25) is 10.0 Å². The van der Waals surface area contributed by atoms with E-state index in [1.807, 2.05) is 6.92 Å². The molecule has 116 valence electrons. The van der Waals surface area contributed by atoms with Crippen molar-refractivity contribution >= 4 is 10.0 Å². The zero-order valence-corrected chi connectivity index (χ0v) is 13.2. The average molecular weight is 319 g/mol. The first kappa shape index (κ1) is 15.2. The summed E-state index contributed by atoms with van der Waals surface area (Å²) in [7, 11) is -3.52. The molecule has 0 unspecified atom stereocenters. The molecular formula is C17H18FNO2S. The fourth-order valence-electron chi connectivity index (χ4n) is 2.89. The molecule has 5 heteroatoms. The lowest BCUT2D eigenvalue weighted by molar-refractivity contribution is 0.396. The summed E-state index contributed by atoms with van der Waals surface area (Å²) in [6, 6.07) is 12.8. The lowest BCUT2D eigenvalue weighted by Crippen LogP contribution is -2.30. The molecule has 0 N–H and O–H groups in total. The van der Waals surface area contributed by atoms with Crippen LogP contribution in [0, 0.1) is 12.7 Å². The lowest BCUT2D eigenvalue weighted by atomic mass is 10.1. The van der Waals surface area contributed by atoms with Gasteiger partial charge in [0.15, 0.2) is 0 Å². The Morgan fingerprint density at radius 3 is 2.32 bits per heavy atom. The van der Waals surface area contributed by atoms with Crippen LogP contribution in [0.25, 0.3) is 0 Å². The summed E-state index contributed by atoms with van der Waals surface area (Å²) >= 11 is 0. The molecule has 0 aromatic heterocycles. The Bertz CT molecular complexity index is 754. The van der Waals surface area contributed by atoms with Crippen LogP contribution in [0.3, 0.4) is 0 Å². The predicted molar refractivity (Wildman–Crippen MR) is 83.4 cm³/mol. The van der Waals surface area contributed by atoms with Gasteiger partial charge in [-0.3, -0.25) is 0 Å². The highest BCUT2D eigenvalue weighted by molar-refractivity contribution is 7.89. The molecule has 0 radical (unpaired) electrons. The topological polar surface area (TPSA) is 37.4 Å². The lowest BCUT2D eigenvalue weighted by Gasteiger charge is -2.24. The summed E-state index contributed by atoms with van der Waals surface area (Å²) in [6.07, 6.45) is 1.57. The quantitative estimate of drug-likeness (QED) is 0.866. The van der Waals surface area contributed by atoms with Crippen LogP contribution in [0.2, 0.25) is 0 Å². The number of hydrogen-bond donors (Lipinski definition) is 0. The number of sulfonamides is 1. The van der Waals surface area contributed by atoms with Gasteiger partial charge in [-0.05, 0) is 49.6 Å². The zero-order chi connectivity index (χ0) is 15.7. The van der Waals surface area contributed by atoms with Crippen molar-refractivity contribution in [1.29, 1.82) is 0 Å². The summed E-state index contributed by atoms with van der Waals surface area (Å²) in [4.78, 5) is 0.312. The van der Waals surface area contributed by atoms with Gasteiger partial charge in [-0.2, -0.15) is 4.31 Å². The van der Waals surface area contributed by atoms with Gasteiger partial charge in [0, 0.05) is 6.54 Å².